The molecule has 0 bridgehead atoms. The van der Waals surface area contributed by atoms with Crippen molar-refractivity contribution < 1.29 is 14.6 Å². The first-order chi connectivity index (χ1) is 7.48. The SMILES string of the molecule is CCCC1(C(C)=O)CCC(O)(COC)CC1. The largest absolute Gasteiger partial charge is 0.387 e. The van der Waals surface area contributed by atoms with E-state index < -0.39 is 5.60 Å². The molecule has 1 rings (SSSR count). The van der Waals surface area contributed by atoms with Crippen molar-refractivity contribution in [1.29, 1.82) is 0 Å². The van der Waals surface area contributed by atoms with Gasteiger partial charge in [-0.3, -0.25) is 4.79 Å². The molecule has 0 heterocycles. The standard InChI is InChI=1S/C13H24O3/c1-4-5-12(11(2)14)6-8-13(15,9-7-12)10-16-3/h15H,4-10H2,1-3H3. The van der Waals surface area contributed by atoms with E-state index in [1.165, 1.54) is 0 Å². The van der Waals surface area contributed by atoms with Gasteiger partial charge in [0, 0.05) is 12.5 Å². The molecule has 1 N–H and O–H groups in total. The molecular weight excluding hydrogens is 204 g/mol. The van der Waals surface area contributed by atoms with Crippen LogP contribution in [0.4, 0.5) is 0 Å². The summed E-state index contributed by atoms with van der Waals surface area (Å²) in [7, 11) is 1.61. The molecule has 3 heteroatoms. The lowest BCUT2D eigenvalue weighted by molar-refractivity contribution is -0.135. The Hall–Kier alpha value is -0.410. The van der Waals surface area contributed by atoms with Crippen molar-refractivity contribution in [3.63, 3.8) is 0 Å². The first-order valence-corrected chi connectivity index (χ1v) is 6.20. The Kier molecular flexibility index (Phi) is 4.51. The van der Waals surface area contributed by atoms with Gasteiger partial charge in [-0.2, -0.15) is 0 Å². The Balaban J connectivity index is 2.66. The molecule has 1 saturated carbocycles. The second kappa shape index (κ2) is 5.28. The molecule has 0 radical (unpaired) electrons. The lowest BCUT2D eigenvalue weighted by Crippen LogP contribution is -2.44. The van der Waals surface area contributed by atoms with Crippen LogP contribution in [0.3, 0.4) is 0 Å². The summed E-state index contributed by atoms with van der Waals surface area (Å²) in [4.78, 5) is 11.8. The van der Waals surface area contributed by atoms with Gasteiger partial charge in [0.25, 0.3) is 0 Å². The lowest BCUT2D eigenvalue weighted by atomic mass is 9.65. The Morgan fingerprint density at radius 1 is 1.31 bits per heavy atom. The zero-order valence-electron chi connectivity index (χ0n) is 10.7. The van der Waals surface area contributed by atoms with Gasteiger partial charge in [0.15, 0.2) is 0 Å². The highest BCUT2D eigenvalue weighted by molar-refractivity contribution is 5.82. The third-order valence-electron chi connectivity index (χ3n) is 4.03. The van der Waals surface area contributed by atoms with Gasteiger partial charge in [-0.15, -0.1) is 0 Å². The number of carbonyl (C=O) groups excluding carboxylic acids is 1. The summed E-state index contributed by atoms with van der Waals surface area (Å²) >= 11 is 0. The normalized spacial score (nSPS) is 35.0. The number of hydrogen-bond donors (Lipinski definition) is 1. The molecule has 1 aliphatic rings. The minimum atomic E-state index is -0.707. The van der Waals surface area contributed by atoms with Crippen LogP contribution in [0.25, 0.3) is 0 Å². The molecular formula is C13H24O3. The number of rotatable bonds is 5. The average Bonchev–Trinajstić information content (AvgIpc) is 2.22. The second-order valence-electron chi connectivity index (χ2n) is 5.24. The van der Waals surface area contributed by atoms with Crippen LogP contribution in [0.5, 0.6) is 0 Å². The smallest absolute Gasteiger partial charge is 0.135 e. The average molecular weight is 228 g/mol. The Morgan fingerprint density at radius 3 is 2.25 bits per heavy atom. The molecule has 3 nitrogen and oxygen atoms in total. The Bertz CT molecular complexity index is 240. The Morgan fingerprint density at radius 2 is 1.88 bits per heavy atom. The number of aliphatic hydroxyl groups is 1. The van der Waals surface area contributed by atoms with Gasteiger partial charge in [0.1, 0.15) is 5.78 Å². The zero-order chi connectivity index (χ0) is 12.2. The molecule has 0 amide bonds. The van der Waals surface area contributed by atoms with Gasteiger partial charge in [-0.25, -0.2) is 0 Å². The van der Waals surface area contributed by atoms with Gasteiger partial charge in [0.2, 0.25) is 0 Å². The summed E-state index contributed by atoms with van der Waals surface area (Å²) in [5.74, 6) is 0.286. The summed E-state index contributed by atoms with van der Waals surface area (Å²) in [6.45, 7) is 4.18. The molecule has 0 aromatic carbocycles. The predicted molar refractivity (Wildman–Crippen MR) is 63.3 cm³/mol. The highest BCUT2D eigenvalue weighted by Gasteiger charge is 2.43. The fourth-order valence-electron chi connectivity index (χ4n) is 2.86. The van der Waals surface area contributed by atoms with E-state index in [0.717, 1.165) is 25.7 Å². The summed E-state index contributed by atoms with van der Waals surface area (Å²) < 4.78 is 5.04. The van der Waals surface area contributed by atoms with Gasteiger partial charge in [-0.05, 0) is 39.0 Å². The molecule has 0 spiro atoms. The van der Waals surface area contributed by atoms with Gasteiger partial charge < -0.3 is 9.84 Å². The topological polar surface area (TPSA) is 46.5 Å². The minimum absolute atomic E-state index is 0.172. The van der Waals surface area contributed by atoms with Crippen LogP contribution in [-0.2, 0) is 9.53 Å². The molecule has 1 aliphatic carbocycles. The van der Waals surface area contributed by atoms with Crippen molar-refractivity contribution >= 4 is 5.78 Å². The maximum Gasteiger partial charge on any atom is 0.135 e. The summed E-state index contributed by atoms with van der Waals surface area (Å²) in [5.41, 5.74) is -0.879. The maximum atomic E-state index is 11.8. The van der Waals surface area contributed by atoms with Gasteiger partial charge >= 0.3 is 0 Å². The van der Waals surface area contributed by atoms with Crippen molar-refractivity contribution in [3.8, 4) is 0 Å². The fraction of sp³-hybridized carbons (Fsp3) is 0.923. The van der Waals surface area contributed by atoms with Crippen molar-refractivity contribution in [2.75, 3.05) is 13.7 Å². The summed E-state index contributed by atoms with van der Waals surface area (Å²) in [5, 5.41) is 10.2. The van der Waals surface area contributed by atoms with Crippen molar-refractivity contribution in [2.45, 2.75) is 58.0 Å². The highest BCUT2D eigenvalue weighted by atomic mass is 16.5. The zero-order valence-corrected chi connectivity index (χ0v) is 10.7. The minimum Gasteiger partial charge on any atom is -0.387 e. The van der Waals surface area contributed by atoms with Crippen LogP contribution in [0.1, 0.15) is 52.4 Å². The first kappa shape index (κ1) is 13.7. The van der Waals surface area contributed by atoms with Crippen LogP contribution in [0.2, 0.25) is 0 Å². The summed E-state index contributed by atoms with van der Waals surface area (Å²) in [6.07, 6.45) is 4.95. The number of Topliss-reactive ketones (excluding diaryl/α,β-unsaturated/α-hetero) is 1. The van der Waals surface area contributed by atoms with Crippen LogP contribution >= 0.6 is 0 Å². The van der Waals surface area contributed by atoms with Crippen LogP contribution in [0, 0.1) is 5.41 Å². The maximum absolute atomic E-state index is 11.8. The van der Waals surface area contributed by atoms with Crippen LogP contribution < -0.4 is 0 Å². The van der Waals surface area contributed by atoms with Crippen LogP contribution in [0.15, 0.2) is 0 Å². The molecule has 1 fully saturated rings. The summed E-state index contributed by atoms with van der Waals surface area (Å²) in [6, 6.07) is 0. The molecule has 0 aromatic heterocycles. The molecule has 0 atom stereocenters. The number of ether oxygens (including phenoxy) is 1. The van der Waals surface area contributed by atoms with Crippen LogP contribution in [-0.4, -0.2) is 30.2 Å². The molecule has 0 aliphatic heterocycles. The molecule has 0 unspecified atom stereocenters. The molecule has 16 heavy (non-hydrogen) atoms. The van der Waals surface area contributed by atoms with E-state index in [0.29, 0.717) is 19.4 Å². The second-order valence-corrected chi connectivity index (χ2v) is 5.24. The lowest BCUT2D eigenvalue weighted by Gasteiger charge is -2.42. The van der Waals surface area contributed by atoms with E-state index in [9.17, 15) is 9.90 Å². The van der Waals surface area contributed by atoms with E-state index in [-0.39, 0.29) is 11.2 Å². The van der Waals surface area contributed by atoms with Crippen molar-refractivity contribution in [2.24, 2.45) is 5.41 Å². The fourth-order valence-corrected chi connectivity index (χ4v) is 2.86. The number of hydrogen-bond acceptors (Lipinski definition) is 3. The van der Waals surface area contributed by atoms with E-state index in [2.05, 4.69) is 6.92 Å². The molecule has 0 aromatic rings. The quantitative estimate of drug-likeness (QED) is 0.785. The molecule has 94 valence electrons. The van der Waals surface area contributed by atoms with Crippen molar-refractivity contribution in [1.82, 2.24) is 0 Å². The van der Waals surface area contributed by atoms with Gasteiger partial charge in [-0.1, -0.05) is 13.3 Å². The number of ketones is 1. The number of methoxy groups -OCH3 is 1. The number of carbonyl (C=O) groups is 1. The van der Waals surface area contributed by atoms with E-state index >= 15 is 0 Å². The van der Waals surface area contributed by atoms with E-state index in [1.54, 1.807) is 14.0 Å². The third kappa shape index (κ3) is 2.83. The Labute approximate surface area is 98.2 Å². The van der Waals surface area contributed by atoms with E-state index in [1.807, 2.05) is 0 Å². The highest BCUT2D eigenvalue weighted by Crippen LogP contribution is 2.44. The first-order valence-electron chi connectivity index (χ1n) is 6.20. The molecule has 0 saturated heterocycles. The van der Waals surface area contributed by atoms with Crippen molar-refractivity contribution in [3.05, 3.63) is 0 Å². The third-order valence-corrected chi connectivity index (χ3v) is 4.03. The predicted octanol–water partition coefficient (Wildman–Crippen LogP) is 2.31. The van der Waals surface area contributed by atoms with E-state index in [4.69, 9.17) is 4.74 Å². The van der Waals surface area contributed by atoms with Gasteiger partial charge in [0.05, 0.1) is 12.2 Å². The monoisotopic (exact) mass is 228 g/mol.